The van der Waals surface area contributed by atoms with Crippen molar-refractivity contribution in [3.05, 3.63) is 28.4 Å². The van der Waals surface area contributed by atoms with Crippen molar-refractivity contribution in [3.63, 3.8) is 0 Å². The first kappa shape index (κ1) is 11.2. The van der Waals surface area contributed by atoms with Crippen LogP contribution in [0.3, 0.4) is 0 Å². The summed E-state index contributed by atoms with van der Waals surface area (Å²) in [5.41, 5.74) is 0.850. The Hall–Kier alpha value is -0.830. The van der Waals surface area contributed by atoms with Gasteiger partial charge in [-0.05, 0) is 25.3 Å². The Morgan fingerprint density at radius 2 is 2.21 bits per heavy atom. The number of aryl methyl sites for hydroxylation is 2. The second kappa shape index (κ2) is 5.81. The van der Waals surface area contributed by atoms with Gasteiger partial charge in [-0.2, -0.15) is 0 Å². The van der Waals surface area contributed by atoms with Crippen molar-refractivity contribution in [1.29, 1.82) is 0 Å². The van der Waals surface area contributed by atoms with Gasteiger partial charge in [0.2, 0.25) is 0 Å². The summed E-state index contributed by atoms with van der Waals surface area (Å²) in [5.74, 6) is 0.695. The zero-order valence-electron chi connectivity index (χ0n) is 8.37. The highest BCUT2D eigenvalue weighted by atomic mass is 35.5. The third-order valence-corrected chi connectivity index (χ3v) is 2.28. The van der Waals surface area contributed by atoms with Crippen molar-refractivity contribution in [3.8, 4) is 0 Å². The molecular weight excluding hydrogens is 200 g/mol. The SMILES string of the molecule is Cc1cnc(=O)n(CCCCCCl)c1. The van der Waals surface area contributed by atoms with Crippen LogP contribution in [0.4, 0.5) is 0 Å². The Labute approximate surface area is 88.7 Å². The zero-order chi connectivity index (χ0) is 10.4. The van der Waals surface area contributed by atoms with Crippen molar-refractivity contribution >= 4 is 11.6 Å². The molecule has 1 heterocycles. The van der Waals surface area contributed by atoms with Crippen LogP contribution in [-0.2, 0) is 6.54 Å². The Balaban J connectivity index is 2.49. The summed E-state index contributed by atoms with van der Waals surface area (Å²) in [6.07, 6.45) is 6.49. The first-order valence-corrected chi connectivity index (χ1v) is 5.36. The van der Waals surface area contributed by atoms with Gasteiger partial charge in [-0.1, -0.05) is 6.42 Å². The largest absolute Gasteiger partial charge is 0.347 e. The lowest BCUT2D eigenvalue weighted by atomic mass is 10.2. The Bertz CT molecular complexity index is 335. The lowest BCUT2D eigenvalue weighted by Crippen LogP contribution is -2.22. The summed E-state index contributed by atoms with van der Waals surface area (Å²) in [4.78, 5) is 15.0. The van der Waals surface area contributed by atoms with E-state index in [1.54, 1.807) is 10.8 Å². The second-order valence-corrected chi connectivity index (χ2v) is 3.73. The summed E-state index contributed by atoms with van der Waals surface area (Å²) < 4.78 is 1.66. The molecule has 0 unspecified atom stereocenters. The smallest absolute Gasteiger partial charge is 0.299 e. The van der Waals surface area contributed by atoms with E-state index < -0.39 is 0 Å². The topological polar surface area (TPSA) is 34.9 Å². The minimum absolute atomic E-state index is 0.165. The van der Waals surface area contributed by atoms with E-state index in [-0.39, 0.29) is 5.69 Å². The van der Waals surface area contributed by atoms with Crippen LogP contribution in [0, 0.1) is 6.92 Å². The molecule has 0 aromatic carbocycles. The molecule has 3 nitrogen and oxygen atoms in total. The first-order valence-electron chi connectivity index (χ1n) is 4.83. The average Bonchev–Trinajstić information content (AvgIpc) is 2.18. The first-order chi connectivity index (χ1) is 6.74. The van der Waals surface area contributed by atoms with Crippen LogP contribution in [0.5, 0.6) is 0 Å². The molecule has 0 saturated heterocycles. The minimum atomic E-state index is -0.165. The second-order valence-electron chi connectivity index (χ2n) is 3.36. The Morgan fingerprint density at radius 1 is 1.43 bits per heavy atom. The molecular formula is C10H15ClN2O. The molecule has 0 radical (unpaired) electrons. The standard InChI is InChI=1S/C10H15ClN2O/c1-9-7-12-10(14)13(8-9)6-4-2-3-5-11/h7-8H,2-6H2,1H3. The quantitative estimate of drug-likeness (QED) is 0.555. The molecule has 0 N–H and O–H groups in total. The number of alkyl halides is 1. The summed E-state index contributed by atoms with van der Waals surface area (Å²) >= 11 is 5.56. The molecule has 0 aliphatic carbocycles. The third kappa shape index (κ3) is 3.50. The fourth-order valence-corrected chi connectivity index (χ4v) is 1.47. The molecule has 0 saturated carbocycles. The normalized spacial score (nSPS) is 10.4. The van der Waals surface area contributed by atoms with Crippen LogP contribution in [-0.4, -0.2) is 15.4 Å². The van der Waals surface area contributed by atoms with Crippen LogP contribution < -0.4 is 5.69 Å². The van der Waals surface area contributed by atoms with Crippen molar-refractivity contribution in [1.82, 2.24) is 9.55 Å². The van der Waals surface area contributed by atoms with Crippen LogP contribution in [0.1, 0.15) is 24.8 Å². The fraction of sp³-hybridized carbons (Fsp3) is 0.600. The average molecular weight is 215 g/mol. The van der Waals surface area contributed by atoms with E-state index in [1.165, 1.54) is 0 Å². The Kier molecular flexibility index (Phi) is 4.66. The van der Waals surface area contributed by atoms with E-state index in [4.69, 9.17) is 11.6 Å². The van der Waals surface area contributed by atoms with Crippen molar-refractivity contribution in [2.45, 2.75) is 32.7 Å². The van der Waals surface area contributed by atoms with Crippen LogP contribution >= 0.6 is 11.6 Å². The van der Waals surface area contributed by atoms with Crippen LogP contribution in [0.25, 0.3) is 0 Å². The van der Waals surface area contributed by atoms with Gasteiger partial charge >= 0.3 is 5.69 Å². The maximum absolute atomic E-state index is 11.3. The van der Waals surface area contributed by atoms with Crippen LogP contribution in [0.2, 0.25) is 0 Å². The number of aromatic nitrogens is 2. The van der Waals surface area contributed by atoms with Gasteiger partial charge in [-0.25, -0.2) is 9.78 Å². The molecule has 0 spiro atoms. The van der Waals surface area contributed by atoms with E-state index in [1.807, 2.05) is 13.1 Å². The van der Waals surface area contributed by atoms with E-state index in [2.05, 4.69) is 4.98 Å². The van der Waals surface area contributed by atoms with Crippen molar-refractivity contribution in [2.24, 2.45) is 0 Å². The Morgan fingerprint density at radius 3 is 2.93 bits per heavy atom. The third-order valence-electron chi connectivity index (χ3n) is 2.02. The lowest BCUT2D eigenvalue weighted by Gasteiger charge is -2.04. The van der Waals surface area contributed by atoms with E-state index in [0.717, 1.165) is 31.4 Å². The number of halogens is 1. The summed E-state index contributed by atoms with van der Waals surface area (Å²) in [6.45, 7) is 2.67. The molecule has 4 heteroatoms. The minimum Gasteiger partial charge on any atom is -0.299 e. The van der Waals surface area contributed by atoms with Gasteiger partial charge < -0.3 is 0 Å². The van der Waals surface area contributed by atoms with Gasteiger partial charge in [-0.15, -0.1) is 11.6 Å². The number of hydrogen-bond donors (Lipinski definition) is 0. The predicted octanol–water partition coefficient (Wildman–Crippen LogP) is 1.96. The number of hydrogen-bond acceptors (Lipinski definition) is 2. The molecule has 0 aliphatic rings. The molecule has 1 aromatic rings. The molecule has 14 heavy (non-hydrogen) atoms. The van der Waals surface area contributed by atoms with Crippen molar-refractivity contribution < 1.29 is 0 Å². The molecule has 1 aromatic heterocycles. The van der Waals surface area contributed by atoms with Gasteiger partial charge in [0.05, 0.1) is 0 Å². The van der Waals surface area contributed by atoms with Gasteiger partial charge in [0.25, 0.3) is 0 Å². The van der Waals surface area contributed by atoms with Gasteiger partial charge in [0, 0.05) is 24.8 Å². The van der Waals surface area contributed by atoms with E-state index in [0.29, 0.717) is 5.88 Å². The fourth-order valence-electron chi connectivity index (χ4n) is 1.28. The van der Waals surface area contributed by atoms with Crippen LogP contribution in [0.15, 0.2) is 17.2 Å². The maximum atomic E-state index is 11.3. The molecule has 78 valence electrons. The molecule has 0 aliphatic heterocycles. The number of rotatable bonds is 5. The summed E-state index contributed by atoms with van der Waals surface area (Å²) in [6, 6.07) is 0. The highest BCUT2D eigenvalue weighted by molar-refractivity contribution is 6.17. The molecule has 1 rings (SSSR count). The molecule has 0 amide bonds. The monoisotopic (exact) mass is 214 g/mol. The van der Waals surface area contributed by atoms with E-state index >= 15 is 0 Å². The molecule has 0 atom stereocenters. The number of unbranched alkanes of at least 4 members (excludes halogenated alkanes) is 2. The van der Waals surface area contributed by atoms with Gasteiger partial charge in [0.15, 0.2) is 0 Å². The molecule has 0 fully saturated rings. The highest BCUT2D eigenvalue weighted by Crippen LogP contribution is 1.99. The number of nitrogens with zero attached hydrogens (tertiary/aromatic N) is 2. The van der Waals surface area contributed by atoms with E-state index in [9.17, 15) is 4.79 Å². The van der Waals surface area contributed by atoms with Crippen molar-refractivity contribution in [2.75, 3.05) is 5.88 Å². The predicted molar refractivity (Wildman–Crippen MR) is 57.8 cm³/mol. The molecule has 0 bridgehead atoms. The summed E-state index contributed by atoms with van der Waals surface area (Å²) in [5, 5.41) is 0. The summed E-state index contributed by atoms with van der Waals surface area (Å²) in [7, 11) is 0. The zero-order valence-corrected chi connectivity index (χ0v) is 9.13. The maximum Gasteiger partial charge on any atom is 0.347 e. The van der Waals surface area contributed by atoms with Gasteiger partial charge in [-0.3, -0.25) is 4.57 Å². The lowest BCUT2D eigenvalue weighted by molar-refractivity contribution is 0.576. The van der Waals surface area contributed by atoms with Gasteiger partial charge in [0.1, 0.15) is 0 Å². The highest BCUT2D eigenvalue weighted by Gasteiger charge is 1.96.